The maximum Gasteiger partial charge on any atom is 0.330 e. The van der Waals surface area contributed by atoms with Crippen molar-refractivity contribution < 1.29 is 9.53 Å². The Bertz CT molecular complexity index is 2280. The van der Waals surface area contributed by atoms with Crippen LogP contribution in [0.15, 0.2) is 58.1 Å². The van der Waals surface area contributed by atoms with E-state index in [4.69, 9.17) is 21.3 Å². The number of hydrogen-bond donors (Lipinski definition) is 3. The van der Waals surface area contributed by atoms with Crippen molar-refractivity contribution in [1.82, 2.24) is 29.7 Å². The first-order valence-electron chi connectivity index (χ1n) is 16.4. The van der Waals surface area contributed by atoms with E-state index in [0.29, 0.717) is 46.3 Å². The molecule has 1 amide bonds. The van der Waals surface area contributed by atoms with Crippen LogP contribution in [0.1, 0.15) is 47.7 Å². The van der Waals surface area contributed by atoms with Gasteiger partial charge in [-0.15, -0.1) is 0 Å². The number of carbonyl (C=O) groups excluding carboxylic acids is 1. The molecule has 1 fully saturated rings. The molecular weight excluding hydrogens is 642 g/mol. The lowest BCUT2D eigenvalue weighted by Crippen LogP contribution is -2.37. The number of amides is 1. The molecule has 4 heterocycles. The fraction of sp³-hybridized carbons (Fsp3) is 0.324. The SMILES string of the molecule is COc1nc(-c2cccc(-c3cccc(Nc4nc(C)cc5c4c(=O)n(C)c(=O)n5C)c3C)c2Cl)cc2c1[C@@H](NC[C@H]1CCC(=O)N1)CC2. The molecule has 12 heteroatoms. The van der Waals surface area contributed by atoms with Crippen LogP contribution in [0.3, 0.4) is 0 Å². The summed E-state index contributed by atoms with van der Waals surface area (Å²) in [7, 11) is 4.75. The van der Waals surface area contributed by atoms with Crippen molar-refractivity contribution in [1.29, 1.82) is 0 Å². The van der Waals surface area contributed by atoms with Crippen LogP contribution in [-0.2, 0) is 25.3 Å². The molecule has 1 saturated heterocycles. The van der Waals surface area contributed by atoms with Crippen LogP contribution in [0, 0.1) is 13.8 Å². The van der Waals surface area contributed by atoms with Crippen molar-refractivity contribution in [2.24, 2.45) is 14.1 Å². The number of nitrogens with one attached hydrogen (secondary N) is 3. The lowest BCUT2D eigenvalue weighted by Gasteiger charge is -2.20. The molecule has 49 heavy (non-hydrogen) atoms. The monoisotopic (exact) mass is 679 g/mol. The molecule has 3 N–H and O–H groups in total. The van der Waals surface area contributed by atoms with E-state index in [1.807, 2.05) is 50.2 Å². The highest BCUT2D eigenvalue weighted by molar-refractivity contribution is 6.36. The van der Waals surface area contributed by atoms with Gasteiger partial charge in [0.15, 0.2) is 0 Å². The zero-order valence-electron chi connectivity index (χ0n) is 28.1. The molecule has 0 radical (unpaired) electrons. The van der Waals surface area contributed by atoms with E-state index in [-0.39, 0.29) is 18.0 Å². The average molecular weight is 680 g/mol. The van der Waals surface area contributed by atoms with Crippen LogP contribution >= 0.6 is 11.6 Å². The fourth-order valence-corrected chi connectivity index (χ4v) is 7.48. The Morgan fingerprint density at radius 1 is 0.959 bits per heavy atom. The summed E-state index contributed by atoms with van der Waals surface area (Å²) in [6.07, 6.45) is 3.21. The van der Waals surface area contributed by atoms with Gasteiger partial charge < -0.3 is 20.7 Å². The minimum atomic E-state index is -0.417. The third kappa shape index (κ3) is 5.76. The van der Waals surface area contributed by atoms with Crippen molar-refractivity contribution in [2.45, 2.75) is 51.6 Å². The number of aromatic nitrogens is 4. The summed E-state index contributed by atoms with van der Waals surface area (Å²) in [5.74, 6) is 1.06. The number of halogens is 1. The summed E-state index contributed by atoms with van der Waals surface area (Å²) in [6, 6.07) is 15.9. The molecule has 2 aromatic carbocycles. The topological polar surface area (TPSA) is 132 Å². The van der Waals surface area contributed by atoms with Gasteiger partial charge in [-0.3, -0.25) is 18.7 Å². The number of carbonyl (C=O) groups is 1. The Morgan fingerprint density at radius 2 is 1.71 bits per heavy atom. The quantitative estimate of drug-likeness (QED) is 0.203. The third-order valence-electron chi connectivity index (χ3n) is 9.78. The van der Waals surface area contributed by atoms with E-state index >= 15 is 0 Å². The molecule has 3 aromatic heterocycles. The van der Waals surface area contributed by atoms with Gasteiger partial charge in [0.05, 0.1) is 23.3 Å². The summed E-state index contributed by atoms with van der Waals surface area (Å²) >= 11 is 7.20. The zero-order chi connectivity index (χ0) is 34.6. The molecule has 11 nitrogen and oxygen atoms in total. The standard InChI is InChI=1S/C37H38ClN7O4/c1-19-16-29-32(36(47)45(4)37(48)44(29)3)34(40-19)42-26-11-7-8-23(20(26)2)24-9-6-10-25(33(24)38)28-17-21-12-14-27(31(21)35(43-28)49-5)39-18-22-13-15-30(46)41-22/h6-11,16-17,22,27,39H,12-15,18H2,1-5H3,(H,40,42)(H,41,46)/t22-,27+/m1/s1. The number of methoxy groups -OCH3 is 1. The smallest absolute Gasteiger partial charge is 0.330 e. The first kappa shape index (κ1) is 32.5. The summed E-state index contributed by atoms with van der Waals surface area (Å²) in [6.45, 7) is 4.53. The number of aryl methyl sites for hydroxylation is 3. The van der Waals surface area contributed by atoms with Gasteiger partial charge in [0.2, 0.25) is 11.8 Å². The number of fused-ring (bicyclic) bond motifs is 2. The van der Waals surface area contributed by atoms with Gasteiger partial charge in [0, 0.05) is 67.2 Å². The van der Waals surface area contributed by atoms with Crippen LogP contribution in [0.5, 0.6) is 5.88 Å². The molecule has 0 spiro atoms. The van der Waals surface area contributed by atoms with Crippen LogP contribution in [0.25, 0.3) is 33.3 Å². The van der Waals surface area contributed by atoms with Gasteiger partial charge in [-0.25, -0.2) is 14.8 Å². The normalized spacial score (nSPS) is 17.0. The number of pyridine rings is 2. The number of hydrogen-bond acceptors (Lipinski definition) is 8. The molecule has 252 valence electrons. The second-order valence-electron chi connectivity index (χ2n) is 12.9. The van der Waals surface area contributed by atoms with Crippen LogP contribution < -0.4 is 31.9 Å². The van der Waals surface area contributed by atoms with E-state index in [1.165, 1.54) is 17.2 Å². The number of rotatable bonds is 8. The summed E-state index contributed by atoms with van der Waals surface area (Å²) in [5.41, 5.74) is 7.51. The largest absolute Gasteiger partial charge is 0.481 e. The Labute approximate surface area is 288 Å². The van der Waals surface area contributed by atoms with Crippen LogP contribution in [-0.4, -0.2) is 44.7 Å². The van der Waals surface area contributed by atoms with Gasteiger partial charge in [0.25, 0.3) is 5.56 Å². The second kappa shape index (κ2) is 12.8. The van der Waals surface area contributed by atoms with Crippen molar-refractivity contribution in [2.75, 3.05) is 19.0 Å². The molecule has 2 atom stereocenters. The molecule has 5 aromatic rings. The van der Waals surface area contributed by atoms with Crippen molar-refractivity contribution in [3.8, 4) is 28.3 Å². The van der Waals surface area contributed by atoms with Crippen molar-refractivity contribution in [3.05, 3.63) is 96.8 Å². The fourth-order valence-electron chi connectivity index (χ4n) is 7.15. The van der Waals surface area contributed by atoms with Gasteiger partial charge in [-0.2, -0.15) is 0 Å². The van der Waals surface area contributed by atoms with Crippen molar-refractivity contribution in [3.63, 3.8) is 0 Å². The predicted molar refractivity (Wildman–Crippen MR) is 192 cm³/mol. The number of anilines is 2. The van der Waals surface area contributed by atoms with Crippen LogP contribution in [0.2, 0.25) is 5.02 Å². The van der Waals surface area contributed by atoms with Gasteiger partial charge in [-0.05, 0) is 68.0 Å². The third-order valence-corrected chi connectivity index (χ3v) is 10.2. The van der Waals surface area contributed by atoms with E-state index in [2.05, 4.69) is 27.0 Å². The Hall–Kier alpha value is -5.00. The summed E-state index contributed by atoms with van der Waals surface area (Å²) in [5, 5.41) is 10.9. The number of nitrogens with zero attached hydrogens (tertiary/aromatic N) is 4. The second-order valence-corrected chi connectivity index (χ2v) is 13.3. The molecule has 1 aliphatic heterocycles. The Kier molecular flexibility index (Phi) is 8.50. The highest BCUT2D eigenvalue weighted by atomic mass is 35.5. The average Bonchev–Trinajstić information content (AvgIpc) is 3.71. The zero-order valence-corrected chi connectivity index (χ0v) is 28.9. The van der Waals surface area contributed by atoms with Gasteiger partial charge >= 0.3 is 5.69 Å². The molecule has 0 bridgehead atoms. The van der Waals surface area contributed by atoms with Crippen LogP contribution in [0.4, 0.5) is 11.5 Å². The highest BCUT2D eigenvalue weighted by Crippen LogP contribution is 2.43. The molecule has 1 aliphatic carbocycles. The summed E-state index contributed by atoms with van der Waals surface area (Å²) < 4.78 is 8.38. The van der Waals surface area contributed by atoms with Gasteiger partial charge in [-0.1, -0.05) is 41.9 Å². The Balaban J connectivity index is 1.23. The molecular formula is C37H38ClN7O4. The number of ether oxygens (including phenoxy) is 1. The van der Waals surface area contributed by atoms with E-state index in [9.17, 15) is 14.4 Å². The lowest BCUT2D eigenvalue weighted by molar-refractivity contribution is -0.119. The maximum atomic E-state index is 13.3. The molecule has 0 saturated carbocycles. The summed E-state index contributed by atoms with van der Waals surface area (Å²) in [4.78, 5) is 47.2. The van der Waals surface area contributed by atoms with Gasteiger partial charge in [0.1, 0.15) is 11.2 Å². The van der Waals surface area contributed by atoms with E-state index < -0.39 is 11.2 Å². The van der Waals surface area contributed by atoms with E-state index in [0.717, 1.165) is 63.0 Å². The predicted octanol–water partition coefficient (Wildman–Crippen LogP) is 5.24. The molecule has 2 aliphatic rings. The highest BCUT2D eigenvalue weighted by Gasteiger charge is 2.30. The minimum absolute atomic E-state index is 0.0915. The number of benzene rings is 2. The van der Waals surface area contributed by atoms with E-state index in [1.54, 1.807) is 20.2 Å². The van der Waals surface area contributed by atoms with Crippen molar-refractivity contribution >= 4 is 39.9 Å². The molecule has 7 rings (SSSR count). The maximum absolute atomic E-state index is 13.3. The first-order valence-corrected chi connectivity index (χ1v) is 16.8. The molecule has 0 unspecified atom stereocenters. The first-order chi connectivity index (χ1) is 23.5. The lowest BCUT2D eigenvalue weighted by atomic mass is 9.96. The minimum Gasteiger partial charge on any atom is -0.481 e. The Morgan fingerprint density at radius 3 is 2.47 bits per heavy atom.